The molecular weight excluding hydrogens is 340 g/mol. The average Bonchev–Trinajstić information content (AvgIpc) is 2.61. The Morgan fingerprint density at radius 1 is 1.04 bits per heavy atom. The maximum atomic E-state index is 13.1. The van der Waals surface area contributed by atoms with Crippen LogP contribution in [-0.2, 0) is 14.8 Å². The highest BCUT2D eigenvalue weighted by atomic mass is 32.2. The molecule has 1 amide bonds. The highest BCUT2D eigenvalue weighted by molar-refractivity contribution is 7.92. The van der Waals surface area contributed by atoms with Gasteiger partial charge in [-0.1, -0.05) is 30.3 Å². The second-order valence-electron chi connectivity index (χ2n) is 5.18. The van der Waals surface area contributed by atoms with Crippen molar-refractivity contribution in [3.05, 3.63) is 54.6 Å². The Labute approximate surface area is 148 Å². The molecule has 0 saturated heterocycles. The molecule has 0 fully saturated rings. The maximum absolute atomic E-state index is 13.1. The van der Waals surface area contributed by atoms with Crippen molar-refractivity contribution in [2.75, 3.05) is 24.0 Å². The first kappa shape index (κ1) is 18.8. The second-order valence-corrected chi connectivity index (χ2v) is 7.04. The number of sulfonamides is 1. The molecule has 0 aliphatic rings. The van der Waals surface area contributed by atoms with E-state index in [0.717, 1.165) is 4.31 Å². The quantitative estimate of drug-likeness (QED) is 0.782. The molecule has 7 heteroatoms. The predicted molar refractivity (Wildman–Crippen MR) is 97.3 cm³/mol. The van der Waals surface area contributed by atoms with E-state index < -0.39 is 10.0 Å². The largest absolute Gasteiger partial charge is 0.492 e. The zero-order valence-electron chi connectivity index (χ0n) is 14.3. The third kappa shape index (κ3) is 4.51. The van der Waals surface area contributed by atoms with E-state index in [1.807, 2.05) is 6.92 Å². The number of nitrogens with one attached hydrogen (secondary N) is 1. The molecule has 2 aromatic rings. The highest BCUT2D eigenvalue weighted by Gasteiger charge is 2.29. The van der Waals surface area contributed by atoms with Gasteiger partial charge in [0.25, 0.3) is 10.0 Å². The molecule has 6 nitrogen and oxygen atoms in total. The van der Waals surface area contributed by atoms with Crippen LogP contribution in [0, 0.1) is 0 Å². The normalized spacial score (nSPS) is 11.0. The summed E-state index contributed by atoms with van der Waals surface area (Å²) < 4.78 is 32.9. The maximum Gasteiger partial charge on any atom is 0.264 e. The number of carbonyl (C=O) groups excluding carboxylic acids is 1. The Balaban J connectivity index is 2.53. The highest BCUT2D eigenvalue weighted by Crippen LogP contribution is 2.32. The van der Waals surface area contributed by atoms with Gasteiger partial charge in [0.15, 0.2) is 0 Å². The minimum absolute atomic E-state index is 0.116. The lowest BCUT2D eigenvalue weighted by molar-refractivity contribution is -0.119. The number of anilines is 1. The van der Waals surface area contributed by atoms with Gasteiger partial charge in [-0.05, 0) is 38.1 Å². The average molecular weight is 362 g/mol. The number of rotatable bonds is 8. The number of hydrogen-bond acceptors (Lipinski definition) is 4. The Bertz CT molecular complexity index is 807. The van der Waals surface area contributed by atoms with E-state index in [1.165, 1.54) is 12.1 Å². The van der Waals surface area contributed by atoms with Gasteiger partial charge >= 0.3 is 0 Å². The molecule has 2 rings (SSSR count). The lowest BCUT2D eigenvalue weighted by Gasteiger charge is -2.25. The van der Waals surface area contributed by atoms with Crippen LogP contribution >= 0.6 is 0 Å². The summed E-state index contributed by atoms with van der Waals surface area (Å²) >= 11 is 0. The molecule has 0 atom stereocenters. The summed E-state index contributed by atoms with van der Waals surface area (Å²) in [6, 6.07) is 14.8. The Hall–Kier alpha value is -2.54. The summed E-state index contributed by atoms with van der Waals surface area (Å²) in [5, 5.41) is 2.63. The summed E-state index contributed by atoms with van der Waals surface area (Å²) in [6.07, 6.45) is 0. The number of ether oxygens (including phenoxy) is 1. The zero-order chi connectivity index (χ0) is 18.3. The van der Waals surface area contributed by atoms with Crippen LogP contribution in [0.3, 0.4) is 0 Å². The number of nitrogens with zero attached hydrogens (tertiary/aromatic N) is 1. The van der Waals surface area contributed by atoms with Gasteiger partial charge in [0.05, 0.1) is 17.2 Å². The van der Waals surface area contributed by atoms with E-state index in [4.69, 9.17) is 4.74 Å². The van der Waals surface area contributed by atoms with Gasteiger partial charge in [-0.15, -0.1) is 0 Å². The minimum atomic E-state index is -3.92. The molecule has 134 valence electrons. The number of hydrogen-bond donors (Lipinski definition) is 1. The van der Waals surface area contributed by atoms with Crippen LogP contribution in [0.5, 0.6) is 5.75 Å². The Kier molecular flexibility index (Phi) is 6.41. The first-order valence-electron chi connectivity index (χ1n) is 8.07. The van der Waals surface area contributed by atoms with E-state index >= 15 is 0 Å². The second kappa shape index (κ2) is 8.53. The van der Waals surface area contributed by atoms with Crippen LogP contribution in [0.15, 0.2) is 59.5 Å². The molecule has 0 saturated carbocycles. The van der Waals surface area contributed by atoms with Gasteiger partial charge in [-0.2, -0.15) is 0 Å². The topological polar surface area (TPSA) is 75.7 Å². The van der Waals surface area contributed by atoms with Crippen molar-refractivity contribution in [3.63, 3.8) is 0 Å². The number of carbonyl (C=O) groups is 1. The molecule has 0 heterocycles. The van der Waals surface area contributed by atoms with Crippen LogP contribution in [0.4, 0.5) is 5.69 Å². The summed E-state index contributed by atoms with van der Waals surface area (Å²) in [6.45, 7) is 4.08. The number of para-hydroxylation sites is 2. The van der Waals surface area contributed by atoms with Crippen molar-refractivity contribution >= 4 is 21.6 Å². The van der Waals surface area contributed by atoms with Crippen molar-refractivity contribution in [1.29, 1.82) is 0 Å². The molecule has 25 heavy (non-hydrogen) atoms. The zero-order valence-corrected chi connectivity index (χ0v) is 15.1. The van der Waals surface area contributed by atoms with Crippen molar-refractivity contribution in [2.45, 2.75) is 18.7 Å². The fraction of sp³-hybridized carbons (Fsp3) is 0.278. The lowest BCUT2D eigenvalue weighted by Crippen LogP contribution is -2.41. The minimum Gasteiger partial charge on any atom is -0.492 e. The number of likely N-dealkylation sites (N-methyl/N-ethyl adjacent to an activating group) is 1. The standard InChI is InChI=1S/C18H22N2O4S/c1-3-19-18(21)14-20(16-12-8-9-13-17(16)24-4-2)25(22,23)15-10-6-5-7-11-15/h5-13H,3-4,14H2,1-2H3,(H,19,21). The van der Waals surface area contributed by atoms with Crippen LogP contribution in [-0.4, -0.2) is 34.0 Å². The molecule has 2 aromatic carbocycles. The van der Waals surface area contributed by atoms with Crippen molar-refractivity contribution in [3.8, 4) is 5.75 Å². The predicted octanol–water partition coefficient (Wildman–Crippen LogP) is 2.42. The van der Waals surface area contributed by atoms with E-state index in [9.17, 15) is 13.2 Å². The molecule has 0 radical (unpaired) electrons. The molecule has 0 aromatic heterocycles. The van der Waals surface area contributed by atoms with E-state index in [0.29, 0.717) is 24.6 Å². The van der Waals surface area contributed by atoms with Gasteiger partial charge in [0.2, 0.25) is 5.91 Å². The van der Waals surface area contributed by atoms with E-state index in [2.05, 4.69) is 5.32 Å². The SMILES string of the molecule is CCNC(=O)CN(c1ccccc1OCC)S(=O)(=O)c1ccccc1. The monoisotopic (exact) mass is 362 g/mol. The summed E-state index contributed by atoms with van der Waals surface area (Å²) in [7, 11) is -3.92. The van der Waals surface area contributed by atoms with Crippen molar-refractivity contribution in [2.24, 2.45) is 0 Å². The Morgan fingerprint density at radius 2 is 1.68 bits per heavy atom. The van der Waals surface area contributed by atoms with Gasteiger partial charge in [-0.25, -0.2) is 8.42 Å². The third-order valence-electron chi connectivity index (χ3n) is 3.43. The fourth-order valence-electron chi connectivity index (χ4n) is 2.34. The van der Waals surface area contributed by atoms with Crippen LogP contribution in [0.1, 0.15) is 13.8 Å². The van der Waals surface area contributed by atoms with Gasteiger partial charge in [-0.3, -0.25) is 9.10 Å². The molecule has 1 N–H and O–H groups in total. The molecule has 0 aliphatic carbocycles. The molecule has 0 bridgehead atoms. The van der Waals surface area contributed by atoms with Gasteiger partial charge < -0.3 is 10.1 Å². The number of benzene rings is 2. The van der Waals surface area contributed by atoms with Crippen molar-refractivity contribution < 1.29 is 17.9 Å². The van der Waals surface area contributed by atoms with E-state index in [1.54, 1.807) is 49.4 Å². The van der Waals surface area contributed by atoms with Gasteiger partial charge in [0, 0.05) is 6.54 Å². The first-order valence-corrected chi connectivity index (χ1v) is 9.51. The smallest absolute Gasteiger partial charge is 0.264 e. The van der Waals surface area contributed by atoms with Crippen LogP contribution < -0.4 is 14.4 Å². The molecule has 0 unspecified atom stereocenters. The fourth-order valence-corrected chi connectivity index (χ4v) is 3.80. The van der Waals surface area contributed by atoms with E-state index in [-0.39, 0.29) is 17.3 Å². The van der Waals surface area contributed by atoms with Crippen molar-refractivity contribution in [1.82, 2.24) is 5.32 Å². The summed E-state index contributed by atoms with van der Waals surface area (Å²) in [5.74, 6) is 0.0297. The lowest BCUT2D eigenvalue weighted by atomic mass is 10.3. The first-order chi connectivity index (χ1) is 12.0. The van der Waals surface area contributed by atoms with Crippen LogP contribution in [0.25, 0.3) is 0 Å². The molecule has 0 aliphatic heterocycles. The number of amides is 1. The third-order valence-corrected chi connectivity index (χ3v) is 5.20. The summed E-state index contributed by atoms with van der Waals surface area (Å²) in [4.78, 5) is 12.2. The molecule has 0 spiro atoms. The molecular formula is C18H22N2O4S. The van der Waals surface area contributed by atoms with Gasteiger partial charge in [0.1, 0.15) is 12.3 Å². The summed E-state index contributed by atoms with van der Waals surface area (Å²) in [5.41, 5.74) is 0.333. The Morgan fingerprint density at radius 3 is 2.32 bits per heavy atom. The van der Waals surface area contributed by atoms with Crippen LogP contribution in [0.2, 0.25) is 0 Å².